The van der Waals surface area contributed by atoms with E-state index in [1.165, 1.54) is 18.2 Å². The van der Waals surface area contributed by atoms with E-state index < -0.39 is 23.1 Å². The number of halogens is 3. The number of benzene rings is 2. The summed E-state index contributed by atoms with van der Waals surface area (Å²) in [5.74, 6) is -3.06. The van der Waals surface area contributed by atoms with Crippen LogP contribution in [0.25, 0.3) is 0 Å². The number of ether oxygens (including phenoxy) is 1. The second kappa shape index (κ2) is 8.33. The summed E-state index contributed by atoms with van der Waals surface area (Å²) in [6.45, 7) is 2.38. The lowest BCUT2D eigenvalue weighted by Gasteiger charge is -2.35. The molecule has 1 amide bonds. The molecule has 1 heterocycles. The smallest absolute Gasteiger partial charge is 0.257 e. The summed E-state index contributed by atoms with van der Waals surface area (Å²) < 4.78 is 46.5. The monoisotopic (exact) mass is 364 g/mol. The van der Waals surface area contributed by atoms with E-state index in [0.717, 1.165) is 12.1 Å². The van der Waals surface area contributed by atoms with Crippen molar-refractivity contribution in [1.82, 2.24) is 10.2 Å². The van der Waals surface area contributed by atoms with Crippen LogP contribution in [0.1, 0.15) is 22.0 Å². The zero-order chi connectivity index (χ0) is 18.5. The maximum atomic E-state index is 13.8. The van der Waals surface area contributed by atoms with E-state index in [2.05, 4.69) is 10.2 Å². The van der Waals surface area contributed by atoms with Gasteiger partial charge in [-0.15, -0.1) is 0 Å². The number of nitrogens with zero attached hydrogens (tertiary/aromatic N) is 1. The molecular weight excluding hydrogens is 345 g/mol. The van der Waals surface area contributed by atoms with Crippen molar-refractivity contribution in [2.75, 3.05) is 32.8 Å². The Balaban J connectivity index is 1.78. The van der Waals surface area contributed by atoms with Crippen LogP contribution in [0.15, 0.2) is 42.5 Å². The van der Waals surface area contributed by atoms with Gasteiger partial charge in [0.15, 0.2) is 0 Å². The van der Waals surface area contributed by atoms with Crippen LogP contribution in [-0.2, 0) is 4.74 Å². The molecular formula is C19H19F3N2O2. The van der Waals surface area contributed by atoms with E-state index in [9.17, 15) is 18.0 Å². The second-order valence-corrected chi connectivity index (χ2v) is 6.03. The lowest BCUT2D eigenvalue weighted by Crippen LogP contribution is -2.44. The van der Waals surface area contributed by atoms with E-state index in [0.29, 0.717) is 31.9 Å². The molecule has 0 aliphatic carbocycles. The van der Waals surface area contributed by atoms with Crippen LogP contribution in [0.4, 0.5) is 13.2 Å². The zero-order valence-corrected chi connectivity index (χ0v) is 14.1. The predicted molar refractivity (Wildman–Crippen MR) is 90.2 cm³/mol. The zero-order valence-electron chi connectivity index (χ0n) is 14.1. The van der Waals surface area contributed by atoms with Crippen molar-refractivity contribution in [3.8, 4) is 0 Å². The van der Waals surface area contributed by atoms with E-state index >= 15 is 0 Å². The number of hydrogen-bond donors (Lipinski definition) is 1. The van der Waals surface area contributed by atoms with Gasteiger partial charge in [0.2, 0.25) is 0 Å². The first-order chi connectivity index (χ1) is 12.6. The molecule has 1 aliphatic rings. The molecule has 26 heavy (non-hydrogen) atoms. The fraction of sp³-hybridized carbons (Fsp3) is 0.316. The molecule has 1 fully saturated rings. The number of nitrogens with one attached hydrogen (secondary N) is 1. The fourth-order valence-electron chi connectivity index (χ4n) is 3.05. The SMILES string of the molecule is O=C(NC[C@@H](c1cccc(F)c1)N1CCOCC1)c1c(F)cccc1F. The van der Waals surface area contributed by atoms with Crippen LogP contribution in [0.5, 0.6) is 0 Å². The summed E-state index contributed by atoms with van der Waals surface area (Å²) >= 11 is 0. The van der Waals surface area contributed by atoms with Gasteiger partial charge in [-0.1, -0.05) is 18.2 Å². The maximum absolute atomic E-state index is 13.8. The van der Waals surface area contributed by atoms with Crippen molar-refractivity contribution < 1.29 is 22.7 Å². The number of morpholine rings is 1. The lowest BCUT2D eigenvalue weighted by atomic mass is 10.0. The standard InChI is InChI=1S/C19H19F3N2O2/c20-14-4-1-3-13(11-14)17(24-7-9-26-10-8-24)12-23-19(25)18-15(21)5-2-6-16(18)22/h1-6,11,17H,7-10,12H2,(H,23,25)/t17-/m0/s1. The summed E-state index contributed by atoms with van der Waals surface area (Å²) in [6, 6.07) is 9.03. The Morgan fingerprint density at radius 1 is 1.08 bits per heavy atom. The van der Waals surface area contributed by atoms with Gasteiger partial charge >= 0.3 is 0 Å². The van der Waals surface area contributed by atoms with E-state index in [-0.39, 0.29) is 18.4 Å². The van der Waals surface area contributed by atoms with E-state index in [4.69, 9.17) is 4.74 Å². The molecule has 3 rings (SSSR count). The van der Waals surface area contributed by atoms with Crippen LogP contribution in [0.2, 0.25) is 0 Å². The highest BCUT2D eigenvalue weighted by Gasteiger charge is 2.25. The number of rotatable bonds is 5. The quantitative estimate of drug-likeness (QED) is 0.887. The number of carbonyl (C=O) groups is 1. The van der Waals surface area contributed by atoms with Gasteiger partial charge in [-0.2, -0.15) is 0 Å². The molecule has 1 saturated heterocycles. The minimum absolute atomic E-state index is 0.0933. The fourth-order valence-corrected chi connectivity index (χ4v) is 3.05. The van der Waals surface area contributed by atoms with Crippen molar-refractivity contribution in [3.05, 3.63) is 71.0 Å². The average molecular weight is 364 g/mol. The van der Waals surface area contributed by atoms with Gasteiger partial charge in [-0.05, 0) is 29.8 Å². The summed E-state index contributed by atoms with van der Waals surface area (Å²) in [7, 11) is 0. The van der Waals surface area contributed by atoms with Crippen LogP contribution in [0.3, 0.4) is 0 Å². The molecule has 4 nitrogen and oxygen atoms in total. The van der Waals surface area contributed by atoms with Crippen molar-refractivity contribution in [1.29, 1.82) is 0 Å². The minimum atomic E-state index is -0.920. The molecule has 0 unspecified atom stereocenters. The summed E-state index contributed by atoms with van der Waals surface area (Å²) in [4.78, 5) is 14.3. The molecule has 2 aromatic carbocycles. The van der Waals surface area contributed by atoms with Crippen LogP contribution >= 0.6 is 0 Å². The van der Waals surface area contributed by atoms with Crippen LogP contribution in [-0.4, -0.2) is 43.7 Å². The highest BCUT2D eigenvalue weighted by atomic mass is 19.1. The van der Waals surface area contributed by atoms with Crippen molar-refractivity contribution in [2.24, 2.45) is 0 Å². The molecule has 0 spiro atoms. The van der Waals surface area contributed by atoms with Crippen LogP contribution < -0.4 is 5.32 Å². The summed E-state index contributed by atoms with van der Waals surface area (Å²) in [5, 5.41) is 2.57. The molecule has 1 atom stereocenters. The number of amides is 1. The number of hydrogen-bond acceptors (Lipinski definition) is 3. The Hall–Kier alpha value is -2.38. The van der Waals surface area contributed by atoms with Crippen molar-refractivity contribution in [2.45, 2.75) is 6.04 Å². The number of carbonyl (C=O) groups excluding carboxylic acids is 1. The average Bonchev–Trinajstić information content (AvgIpc) is 2.63. The first-order valence-corrected chi connectivity index (χ1v) is 8.35. The third kappa shape index (κ3) is 4.23. The summed E-state index contributed by atoms with van der Waals surface area (Å²) in [6.07, 6.45) is 0. The molecule has 1 N–H and O–H groups in total. The van der Waals surface area contributed by atoms with E-state index in [1.807, 2.05) is 0 Å². The first-order valence-electron chi connectivity index (χ1n) is 8.35. The Morgan fingerprint density at radius 3 is 2.38 bits per heavy atom. The third-order valence-corrected chi connectivity index (χ3v) is 4.37. The minimum Gasteiger partial charge on any atom is -0.379 e. The normalized spacial score (nSPS) is 16.3. The highest BCUT2D eigenvalue weighted by Crippen LogP contribution is 2.22. The maximum Gasteiger partial charge on any atom is 0.257 e. The van der Waals surface area contributed by atoms with Gasteiger partial charge in [-0.25, -0.2) is 13.2 Å². The Labute approximate surface area is 149 Å². The first kappa shape index (κ1) is 18.4. The van der Waals surface area contributed by atoms with Gasteiger partial charge in [0, 0.05) is 19.6 Å². The van der Waals surface area contributed by atoms with E-state index in [1.54, 1.807) is 12.1 Å². The Morgan fingerprint density at radius 2 is 1.73 bits per heavy atom. The van der Waals surface area contributed by atoms with Crippen molar-refractivity contribution >= 4 is 5.91 Å². The van der Waals surface area contributed by atoms with Gasteiger partial charge in [0.1, 0.15) is 23.0 Å². The molecule has 0 bridgehead atoms. The third-order valence-electron chi connectivity index (χ3n) is 4.37. The molecule has 7 heteroatoms. The summed E-state index contributed by atoms with van der Waals surface area (Å²) in [5.41, 5.74) is 0.0636. The molecule has 2 aromatic rings. The molecule has 138 valence electrons. The second-order valence-electron chi connectivity index (χ2n) is 6.03. The Bertz CT molecular complexity index is 759. The van der Waals surface area contributed by atoms with Crippen LogP contribution in [0, 0.1) is 17.5 Å². The van der Waals surface area contributed by atoms with Gasteiger partial charge in [0.05, 0.1) is 19.3 Å². The molecule has 0 aromatic heterocycles. The highest BCUT2D eigenvalue weighted by molar-refractivity contribution is 5.94. The van der Waals surface area contributed by atoms with Gasteiger partial charge in [0.25, 0.3) is 5.91 Å². The molecule has 1 aliphatic heterocycles. The van der Waals surface area contributed by atoms with Crippen molar-refractivity contribution in [3.63, 3.8) is 0 Å². The van der Waals surface area contributed by atoms with Gasteiger partial charge in [-0.3, -0.25) is 9.69 Å². The molecule has 0 radical (unpaired) electrons. The predicted octanol–water partition coefficient (Wildman–Crippen LogP) is 2.91. The molecule has 0 saturated carbocycles. The largest absolute Gasteiger partial charge is 0.379 e. The topological polar surface area (TPSA) is 41.6 Å². The lowest BCUT2D eigenvalue weighted by molar-refractivity contribution is 0.0161. The van der Waals surface area contributed by atoms with Gasteiger partial charge < -0.3 is 10.1 Å². The Kier molecular flexibility index (Phi) is 5.90.